The van der Waals surface area contributed by atoms with E-state index in [-0.39, 0.29) is 11.5 Å². The van der Waals surface area contributed by atoms with Gasteiger partial charge in [-0.15, -0.1) is 0 Å². The van der Waals surface area contributed by atoms with Crippen LogP contribution >= 0.6 is 0 Å². The summed E-state index contributed by atoms with van der Waals surface area (Å²) in [5, 5.41) is 9.17. The smallest absolute Gasteiger partial charge is 0.243 e. The predicted molar refractivity (Wildman–Crippen MR) is 78.1 cm³/mol. The highest BCUT2D eigenvalue weighted by Crippen LogP contribution is 2.21. The van der Waals surface area contributed by atoms with Gasteiger partial charge in [0.15, 0.2) is 0 Å². The van der Waals surface area contributed by atoms with E-state index >= 15 is 0 Å². The molecule has 0 saturated heterocycles. The largest absolute Gasteiger partial charge is 0.392 e. The van der Waals surface area contributed by atoms with E-state index in [0.29, 0.717) is 31.7 Å². The van der Waals surface area contributed by atoms with Crippen LogP contribution < -0.4 is 0 Å². The molecule has 0 saturated carbocycles. The van der Waals surface area contributed by atoms with Gasteiger partial charge in [-0.3, -0.25) is 0 Å². The first kappa shape index (κ1) is 17.1. The minimum Gasteiger partial charge on any atom is -0.392 e. The Labute approximate surface area is 121 Å². The summed E-state index contributed by atoms with van der Waals surface area (Å²) in [6.45, 7) is 4.85. The topological polar surface area (TPSA) is 66.8 Å². The quantitative estimate of drug-likeness (QED) is 0.737. The molecule has 20 heavy (non-hydrogen) atoms. The predicted octanol–water partition coefficient (Wildman–Crippen LogP) is 1.40. The molecule has 0 fully saturated rings. The molecule has 5 nitrogen and oxygen atoms in total. The first-order valence-corrected chi connectivity index (χ1v) is 8.18. The summed E-state index contributed by atoms with van der Waals surface area (Å²) in [6.07, 6.45) is 0.625. The lowest BCUT2D eigenvalue weighted by atomic mass is 10.1. The Hall–Kier alpha value is -0.950. The van der Waals surface area contributed by atoms with E-state index in [1.807, 2.05) is 13.8 Å². The van der Waals surface area contributed by atoms with Gasteiger partial charge in [0, 0.05) is 20.2 Å². The van der Waals surface area contributed by atoms with Crippen LogP contribution in [-0.2, 0) is 27.8 Å². The number of aryl methyl sites for hydroxylation is 1. The van der Waals surface area contributed by atoms with Crippen molar-refractivity contribution in [2.24, 2.45) is 0 Å². The van der Waals surface area contributed by atoms with E-state index in [1.165, 1.54) is 4.31 Å². The number of hydrogen-bond donors (Lipinski definition) is 1. The normalized spacial score (nSPS) is 12.1. The van der Waals surface area contributed by atoms with Crippen LogP contribution in [0.4, 0.5) is 0 Å². The van der Waals surface area contributed by atoms with Gasteiger partial charge in [-0.1, -0.05) is 19.1 Å². The summed E-state index contributed by atoms with van der Waals surface area (Å²) >= 11 is 0. The van der Waals surface area contributed by atoms with Crippen LogP contribution in [0.25, 0.3) is 0 Å². The standard InChI is InChI=1S/C14H23NO4S/c1-4-13-7-6-12(11-16)10-14(13)20(17,18)15(3)8-9-19-5-2/h6-7,10,16H,4-5,8-9,11H2,1-3H3. The van der Waals surface area contributed by atoms with Crippen molar-refractivity contribution in [3.63, 3.8) is 0 Å². The second-order valence-electron chi connectivity index (χ2n) is 4.48. The van der Waals surface area contributed by atoms with Crippen molar-refractivity contribution in [1.82, 2.24) is 4.31 Å². The van der Waals surface area contributed by atoms with Gasteiger partial charge in [-0.25, -0.2) is 8.42 Å². The second kappa shape index (κ2) is 7.73. The highest BCUT2D eigenvalue weighted by atomic mass is 32.2. The number of ether oxygens (including phenoxy) is 1. The Morgan fingerprint density at radius 1 is 1.30 bits per heavy atom. The summed E-state index contributed by atoms with van der Waals surface area (Å²) in [6, 6.07) is 5.05. The Balaban J connectivity index is 3.06. The molecule has 6 heteroatoms. The lowest BCUT2D eigenvalue weighted by Crippen LogP contribution is -2.31. The molecule has 0 aliphatic heterocycles. The number of aliphatic hydroxyl groups is 1. The number of likely N-dealkylation sites (N-methyl/N-ethyl adjacent to an activating group) is 1. The highest BCUT2D eigenvalue weighted by Gasteiger charge is 2.23. The molecule has 0 heterocycles. The molecule has 0 amide bonds. The number of rotatable bonds is 8. The summed E-state index contributed by atoms with van der Waals surface area (Å²) in [5.74, 6) is 0. The van der Waals surface area contributed by atoms with Crippen molar-refractivity contribution in [1.29, 1.82) is 0 Å². The zero-order valence-corrected chi connectivity index (χ0v) is 13.1. The fraction of sp³-hybridized carbons (Fsp3) is 0.571. The number of sulfonamides is 1. The Morgan fingerprint density at radius 3 is 2.55 bits per heavy atom. The fourth-order valence-corrected chi connectivity index (χ4v) is 3.35. The number of aliphatic hydroxyl groups excluding tert-OH is 1. The van der Waals surface area contributed by atoms with Crippen molar-refractivity contribution in [3.8, 4) is 0 Å². The average molecular weight is 301 g/mol. The molecule has 0 radical (unpaired) electrons. The van der Waals surface area contributed by atoms with Crippen molar-refractivity contribution >= 4 is 10.0 Å². The van der Waals surface area contributed by atoms with Crippen LogP contribution in [0.2, 0.25) is 0 Å². The molecule has 0 spiro atoms. The van der Waals surface area contributed by atoms with Crippen LogP contribution in [0.1, 0.15) is 25.0 Å². The van der Waals surface area contributed by atoms with Gasteiger partial charge in [0.2, 0.25) is 10.0 Å². The van der Waals surface area contributed by atoms with Crippen molar-refractivity contribution in [2.45, 2.75) is 31.8 Å². The summed E-state index contributed by atoms with van der Waals surface area (Å²) < 4.78 is 31.6. The van der Waals surface area contributed by atoms with Gasteiger partial charge in [-0.05, 0) is 30.5 Å². The third-order valence-electron chi connectivity index (χ3n) is 3.14. The Morgan fingerprint density at radius 2 is 2.00 bits per heavy atom. The SMILES string of the molecule is CCOCCN(C)S(=O)(=O)c1cc(CO)ccc1CC. The van der Waals surface area contributed by atoms with Crippen LogP contribution in [0.3, 0.4) is 0 Å². The van der Waals surface area contributed by atoms with Gasteiger partial charge in [-0.2, -0.15) is 4.31 Å². The molecule has 1 aromatic rings. The monoisotopic (exact) mass is 301 g/mol. The zero-order valence-electron chi connectivity index (χ0n) is 12.3. The minimum atomic E-state index is -3.55. The number of nitrogens with zero attached hydrogens (tertiary/aromatic N) is 1. The molecular formula is C14H23NO4S. The molecule has 0 aliphatic rings. The maximum absolute atomic E-state index is 12.6. The van der Waals surface area contributed by atoms with E-state index in [2.05, 4.69) is 0 Å². The van der Waals surface area contributed by atoms with Gasteiger partial charge in [0.25, 0.3) is 0 Å². The van der Waals surface area contributed by atoms with E-state index in [1.54, 1.807) is 25.2 Å². The van der Waals surface area contributed by atoms with Gasteiger partial charge >= 0.3 is 0 Å². The van der Waals surface area contributed by atoms with Crippen molar-refractivity contribution in [3.05, 3.63) is 29.3 Å². The van der Waals surface area contributed by atoms with Crippen LogP contribution in [0, 0.1) is 0 Å². The summed E-state index contributed by atoms with van der Waals surface area (Å²) in [7, 11) is -2.01. The van der Waals surface area contributed by atoms with Crippen LogP contribution in [0.15, 0.2) is 23.1 Å². The van der Waals surface area contributed by atoms with Gasteiger partial charge < -0.3 is 9.84 Å². The van der Waals surface area contributed by atoms with E-state index < -0.39 is 10.0 Å². The molecule has 0 aliphatic carbocycles. The first-order chi connectivity index (χ1) is 9.47. The first-order valence-electron chi connectivity index (χ1n) is 6.74. The lowest BCUT2D eigenvalue weighted by Gasteiger charge is -2.19. The third kappa shape index (κ3) is 4.02. The molecular weight excluding hydrogens is 278 g/mol. The average Bonchev–Trinajstić information content (AvgIpc) is 2.46. The molecule has 1 N–H and O–H groups in total. The molecule has 0 bridgehead atoms. The van der Waals surface area contributed by atoms with E-state index in [9.17, 15) is 13.5 Å². The molecule has 114 valence electrons. The zero-order chi connectivity index (χ0) is 15.2. The maximum atomic E-state index is 12.6. The number of benzene rings is 1. The number of hydrogen-bond acceptors (Lipinski definition) is 4. The van der Waals surface area contributed by atoms with Crippen LogP contribution in [0.5, 0.6) is 0 Å². The molecule has 1 aromatic carbocycles. The minimum absolute atomic E-state index is 0.171. The second-order valence-corrected chi connectivity index (χ2v) is 6.49. The van der Waals surface area contributed by atoms with Gasteiger partial charge in [0.1, 0.15) is 0 Å². The van der Waals surface area contributed by atoms with Crippen molar-refractivity contribution < 1.29 is 18.3 Å². The van der Waals surface area contributed by atoms with E-state index in [4.69, 9.17) is 4.74 Å². The summed E-state index contributed by atoms with van der Waals surface area (Å²) in [5.41, 5.74) is 1.35. The maximum Gasteiger partial charge on any atom is 0.243 e. The third-order valence-corrected chi connectivity index (χ3v) is 5.08. The highest BCUT2D eigenvalue weighted by molar-refractivity contribution is 7.89. The fourth-order valence-electron chi connectivity index (χ4n) is 1.86. The molecule has 1 rings (SSSR count). The Kier molecular flexibility index (Phi) is 6.61. The lowest BCUT2D eigenvalue weighted by molar-refractivity contribution is 0.138. The Bertz CT molecular complexity index is 528. The van der Waals surface area contributed by atoms with Gasteiger partial charge in [0.05, 0.1) is 18.1 Å². The van der Waals surface area contributed by atoms with E-state index in [0.717, 1.165) is 5.56 Å². The molecule has 0 atom stereocenters. The summed E-state index contributed by atoms with van der Waals surface area (Å²) in [4.78, 5) is 0.269. The van der Waals surface area contributed by atoms with Crippen LogP contribution in [-0.4, -0.2) is 44.6 Å². The van der Waals surface area contributed by atoms with Crippen molar-refractivity contribution in [2.75, 3.05) is 26.8 Å². The molecule has 0 unspecified atom stereocenters. The molecule has 0 aromatic heterocycles.